The van der Waals surface area contributed by atoms with Gasteiger partial charge in [-0.2, -0.15) is 0 Å². The number of aromatic nitrogens is 3. The molecule has 5 nitrogen and oxygen atoms in total. The zero-order chi connectivity index (χ0) is 13.4. The summed E-state index contributed by atoms with van der Waals surface area (Å²) in [4.78, 5) is 18.9. The Morgan fingerprint density at radius 1 is 1.26 bits per heavy atom. The third-order valence-electron chi connectivity index (χ3n) is 2.70. The number of hydrogen-bond donors (Lipinski definition) is 1. The van der Waals surface area contributed by atoms with Crippen LogP contribution in [0.3, 0.4) is 0 Å². The smallest absolute Gasteiger partial charge is 0.337 e. The average Bonchev–Trinajstić information content (AvgIpc) is 2.81. The van der Waals surface area contributed by atoms with Gasteiger partial charge in [0, 0.05) is 24.2 Å². The van der Waals surface area contributed by atoms with Crippen molar-refractivity contribution < 1.29 is 14.3 Å². The molecule has 0 radical (unpaired) electrons. The first-order valence-corrected chi connectivity index (χ1v) is 5.46. The van der Waals surface area contributed by atoms with Crippen molar-refractivity contribution in [3.63, 3.8) is 0 Å². The Hall–Kier alpha value is -2.76. The predicted octanol–water partition coefficient (Wildman–Crippen LogP) is 2.23. The van der Waals surface area contributed by atoms with Crippen LogP contribution in [0, 0.1) is 5.82 Å². The van der Waals surface area contributed by atoms with Crippen molar-refractivity contribution in [1.82, 2.24) is 14.4 Å². The van der Waals surface area contributed by atoms with Gasteiger partial charge in [-0.25, -0.2) is 14.2 Å². The van der Waals surface area contributed by atoms with E-state index in [0.717, 1.165) is 6.20 Å². The molecule has 0 aliphatic carbocycles. The van der Waals surface area contributed by atoms with Gasteiger partial charge < -0.3 is 9.51 Å². The molecule has 0 unspecified atom stereocenters. The Morgan fingerprint density at radius 3 is 2.84 bits per heavy atom. The van der Waals surface area contributed by atoms with Crippen molar-refractivity contribution in [2.24, 2.45) is 0 Å². The number of nitrogens with zero attached hydrogens (tertiary/aromatic N) is 3. The fraction of sp³-hybridized carbons (Fsp3) is 0. The Labute approximate surface area is 107 Å². The molecular weight excluding hydrogens is 249 g/mol. The van der Waals surface area contributed by atoms with Gasteiger partial charge >= 0.3 is 5.97 Å². The largest absolute Gasteiger partial charge is 0.478 e. The summed E-state index contributed by atoms with van der Waals surface area (Å²) in [5.74, 6) is -1.45. The number of carboxylic acid groups (broad SMARTS) is 1. The lowest BCUT2D eigenvalue weighted by Gasteiger charge is -1.95. The first kappa shape index (κ1) is 11.3. The number of fused-ring (bicyclic) bond motifs is 1. The maximum atomic E-state index is 13.1. The summed E-state index contributed by atoms with van der Waals surface area (Å²) in [6, 6.07) is 4.39. The van der Waals surface area contributed by atoms with Crippen molar-refractivity contribution in [2.75, 3.05) is 0 Å². The van der Waals surface area contributed by atoms with Gasteiger partial charge in [0.15, 0.2) is 0 Å². The van der Waals surface area contributed by atoms with Crippen LogP contribution < -0.4 is 0 Å². The van der Waals surface area contributed by atoms with Gasteiger partial charge in [0.2, 0.25) is 0 Å². The zero-order valence-corrected chi connectivity index (χ0v) is 9.62. The van der Waals surface area contributed by atoms with Gasteiger partial charge in [0.1, 0.15) is 11.5 Å². The quantitative estimate of drug-likeness (QED) is 0.764. The van der Waals surface area contributed by atoms with Crippen LogP contribution in [0.5, 0.6) is 0 Å². The fourth-order valence-electron chi connectivity index (χ4n) is 1.81. The van der Waals surface area contributed by atoms with Crippen LogP contribution in [0.4, 0.5) is 4.39 Å². The number of carboxylic acids is 1. The van der Waals surface area contributed by atoms with E-state index in [4.69, 9.17) is 5.11 Å². The highest BCUT2D eigenvalue weighted by molar-refractivity contribution is 5.87. The second kappa shape index (κ2) is 4.16. The minimum atomic E-state index is -1.01. The van der Waals surface area contributed by atoms with E-state index in [1.165, 1.54) is 24.5 Å². The molecule has 0 bridgehead atoms. The van der Waals surface area contributed by atoms with Gasteiger partial charge in [0.05, 0.1) is 17.5 Å². The Morgan fingerprint density at radius 2 is 2.11 bits per heavy atom. The molecule has 0 aromatic carbocycles. The molecule has 3 heterocycles. The summed E-state index contributed by atoms with van der Waals surface area (Å²) >= 11 is 0. The van der Waals surface area contributed by atoms with Crippen molar-refractivity contribution in [3.8, 4) is 11.3 Å². The number of halogens is 1. The Balaban J connectivity index is 2.14. The fourth-order valence-corrected chi connectivity index (χ4v) is 1.81. The molecule has 3 aromatic heterocycles. The summed E-state index contributed by atoms with van der Waals surface area (Å²) in [6.07, 6.45) is 5.71. The molecule has 3 rings (SSSR count). The topological polar surface area (TPSA) is 67.5 Å². The summed E-state index contributed by atoms with van der Waals surface area (Å²) in [5.41, 5.74) is 1.83. The zero-order valence-electron chi connectivity index (χ0n) is 9.62. The van der Waals surface area contributed by atoms with Gasteiger partial charge in [-0.1, -0.05) is 0 Å². The van der Waals surface area contributed by atoms with Gasteiger partial charge in [-0.05, 0) is 18.2 Å². The number of carbonyl (C=O) groups is 1. The number of pyridine rings is 2. The minimum absolute atomic E-state index is 0.161. The molecule has 0 spiro atoms. The molecule has 0 aliphatic heterocycles. The summed E-state index contributed by atoms with van der Waals surface area (Å²) < 4.78 is 14.7. The molecule has 19 heavy (non-hydrogen) atoms. The summed E-state index contributed by atoms with van der Waals surface area (Å²) in [5, 5.41) is 8.91. The molecule has 94 valence electrons. The highest BCUT2D eigenvalue weighted by Gasteiger charge is 2.08. The first-order chi connectivity index (χ1) is 9.13. The molecule has 0 atom stereocenters. The van der Waals surface area contributed by atoms with E-state index < -0.39 is 11.8 Å². The van der Waals surface area contributed by atoms with E-state index in [1.54, 1.807) is 16.7 Å². The predicted molar refractivity (Wildman–Crippen MR) is 65.3 cm³/mol. The van der Waals surface area contributed by atoms with Crippen molar-refractivity contribution in [1.29, 1.82) is 0 Å². The van der Waals surface area contributed by atoms with Crippen molar-refractivity contribution >= 4 is 11.6 Å². The summed E-state index contributed by atoms with van der Waals surface area (Å²) in [6.45, 7) is 0. The van der Waals surface area contributed by atoms with Crippen LogP contribution in [0.25, 0.3) is 16.9 Å². The lowest BCUT2D eigenvalue weighted by Crippen LogP contribution is -1.97. The second-order valence-corrected chi connectivity index (χ2v) is 4.01. The third-order valence-corrected chi connectivity index (χ3v) is 2.70. The lowest BCUT2D eigenvalue weighted by atomic mass is 10.2. The number of imidazole rings is 1. The average molecular weight is 257 g/mol. The van der Waals surface area contributed by atoms with E-state index in [-0.39, 0.29) is 5.56 Å². The van der Waals surface area contributed by atoms with Crippen LogP contribution in [0.1, 0.15) is 10.4 Å². The van der Waals surface area contributed by atoms with E-state index in [9.17, 15) is 9.18 Å². The van der Waals surface area contributed by atoms with Crippen LogP contribution >= 0.6 is 0 Å². The lowest BCUT2D eigenvalue weighted by molar-refractivity contribution is 0.0696. The minimum Gasteiger partial charge on any atom is -0.478 e. The third kappa shape index (κ3) is 2.03. The monoisotopic (exact) mass is 257 g/mol. The summed E-state index contributed by atoms with van der Waals surface area (Å²) in [7, 11) is 0. The maximum absolute atomic E-state index is 13.1. The molecule has 0 amide bonds. The molecule has 0 aliphatic rings. The van der Waals surface area contributed by atoms with Gasteiger partial charge in [-0.15, -0.1) is 0 Å². The van der Waals surface area contributed by atoms with E-state index in [0.29, 0.717) is 16.9 Å². The van der Waals surface area contributed by atoms with Crippen LogP contribution in [-0.2, 0) is 0 Å². The van der Waals surface area contributed by atoms with Crippen LogP contribution in [-0.4, -0.2) is 25.4 Å². The Kier molecular flexibility index (Phi) is 2.49. The first-order valence-electron chi connectivity index (χ1n) is 5.46. The molecule has 6 heteroatoms. The normalized spacial score (nSPS) is 10.8. The van der Waals surface area contributed by atoms with E-state index in [2.05, 4.69) is 9.97 Å². The molecular formula is C13H8FN3O2. The van der Waals surface area contributed by atoms with Crippen molar-refractivity contribution in [2.45, 2.75) is 0 Å². The highest BCUT2D eigenvalue weighted by Crippen LogP contribution is 2.19. The van der Waals surface area contributed by atoms with Crippen molar-refractivity contribution in [3.05, 3.63) is 54.4 Å². The molecule has 3 aromatic rings. The van der Waals surface area contributed by atoms with E-state index >= 15 is 0 Å². The number of rotatable bonds is 2. The second-order valence-electron chi connectivity index (χ2n) is 4.01. The number of hydrogen-bond acceptors (Lipinski definition) is 3. The molecule has 0 fully saturated rings. The SMILES string of the molecule is O=C(O)c1ccc2nc(-c3cncc(F)c3)cn2c1. The standard InChI is InChI=1S/C13H8FN3O2/c14-10-3-9(4-15-5-10)11-7-17-6-8(13(18)19)1-2-12(17)16-11/h1-7H,(H,18,19). The van der Waals surface area contributed by atoms with E-state index in [1.807, 2.05) is 0 Å². The molecule has 0 saturated heterocycles. The number of aromatic carboxylic acids is 1. The molecule has 1 N–H and O–H groups in total. The maximum Gasteiger partial charge on any atom is 0.337 e. The highest BCUT2D eigenvalue weighted by atomic mass is 19.1. The van der Waals surface area contributed by atoms with Crippen LogP contribution in [0.15, 0.2) is 43.0 Å². The van der Waals surface area contributed by atoms with Gasteiger partial charge in [-0.3, -0.25) is 4.98 Å². The van der Waals surface area contributed by atoms with Crippen LogP contribution in [0.2, 0.25) is 0 Å². The van der Waals surface area contributed by atoms with Gasteiger partial charge in [0.25, 0.3) is 0 Å². The molecule has 0 saturated carbocycles. The Bertz CT molecular complexity index is 782.